The average molecular weight is 292 g/mol. The minimum Gasteiger partial charge on any atom is -0.294 e. The highest BCUT2D eigenvalue weighted by atomic mass is 35.5. The molecule has 0 bridgehead atoms. The van der Waals surface area contributed by atoms with E-state index in [2.05, 4.69) is 16.4 Å². The van der Waals surface area contributed by atoms with Gasteiger partial charge in [0.25, 0.3) is 0 Å². The predicted octanol–water partition coefficient (Wildman–Crippen LogP) is 2.62. The normalized spacial score (nSPS) is 16.9. The summed E-state index contributed by atoms with van der Waals surface area (Å²) in [6, 6.07) is 6.10. The molecule has 1 aliphatic carbocycles. The number of halogens is 1. The third-order valence-corrected chi connectivity index (χ3v) is 4.19. The fourth-order valence-corrected chi connectivity index (χ4v) is 3.14. The molecular formula is C15H20ClN4+. The highest BCUT2D eigenvalue weighted by molar-refractivity contribution is 6.64. The molecule has 20 heavy (non-hydrogen) atoms. The van der Waals surface area contributed by atoms with Crippen LogP contribution < -0.4 is 5.32 Å². The summed E-state index contributed by atoms with van der Waals surface area (Å²) in [5.74, 6) is 1.49. The number of aryl methyl sites for hydroxylation is 1. The summed E-state index contributed by atoms with van der Waals surface area (Å²) >= 11 is 5.80. The summed E-state index contributed by atoms with van der Waals surface area (Å²) in [6.45, 7) is 1.85. The maximum Gasteiger partial charge on any atom is 0.224 e. The van der Waals surface area contributed by atoms with Gasteiger partial charge in [-0.25, -0.2) is 4.98 Å². The van der Waals surface area contributed by atoms with E-state index in [1.165, 1.54) is 25.7 Å². The number of hydrogen-bond acceptors (Lipinski definition) is 3. The number of aromatic nitrogens is 1. The van der Waals surface area contributed by atoms with E-state index in [0.29, 0.717) is 17.9 Å². The number of rotatable bonds is 5. The van der Waals surface area contributed by atoms with E-state index in [-0.39, 0.29) is 11.2 Å². The predicted molar refractivity (Wildman–Crippen MR) is 79.2 cm³/mol. The van der Waals surface area contributed by atoms with Crippen LogP contribution in [-0.4, -0.2) is 16.2 Å². The summed E-state index contributed by atoms with van der Waals surface area (Å²) in [7, 11) is 0. The largest absolute Gasteiger partial charge is 0.294 e. The molecule has 0 spiro atoms. The topological polar surface area (TPSA) is 77.1 Å². The first-order valence-electron chi connectivity index (χ1n) is 7.05. The standard InChI is InChI=1S/C15H19ClN4/c1-10-12(9-17)6-7-15(19-10)20-13(8-14(16)18)11-4-2-3-5-11/h6-7,11,13,18H,2-5,8H2,1H3,(H,19,20)/p+1. The van der Waals surface area contributed by atoms with Crippen LogP contribution in [0.5, 0.6) is 0 Å². The molecule has 0 radical (unpaired) electrons. The Hall–Kier alpha value is -1.44. The molecule has 4 nitrogen and oxygen atoms in total. The van der Waals surface area contributed by atoms with E-state index in [4.69, 9.17) is 22.3 Å². The minimum absolute atomic E-state index is 0.212. The quantitative estimate of drug-likeness (QED) is 0.818. The van der Waals surface area contributed by atoms with Gasteiger partial charge in [-0.1, -0.05) is 24.4 Å². The molecular weight excluding hydrogens is 272 g/mol. The fourth-order valence-electron chi connectivity index (χ4n) is 2.96. The SMILES string of the molecule is Cc1nc([NH2+]C(CC(=N)Cl)C2CCCC2)ccc1C#N. The molecule has 2 rings (SSSR count). The Morgan fingerprint density at radius 1 is 1.55 bits per heavy atom. The van der Waals surface area contributed by atoms with Gasteiger partial charge in [-0.2, -0.15) is 5.26 Å². The van der Waals surface area contributed by atoms with E-state index >= 15 is 0 Å². The van der Waals surface area contributed by atoms with Crippen LogP contribution in [0.2, 0.25) is 0 Å². The van der Waals surface area contributed by atoms with E-state index in [1.807, 2.05) is 19.1 Å². The van der Waals surface area contributed by atoms with Gasteiger partial charge in [-0.05, 0) is 25.8 Å². The van der Waals surface area contributed by atoms with Crippen molar-refractivity contribution in [2.24, 2.45) is 5.92 Å². The summed E-state index contributed by atoms with van der Waals surface area (Å²) in [5.41, 5.74) is 1.37. The van der Waals surface area contributed by atoms with E-state index in [9.17, 15) is 0 Å². The van der Waals surface area contributed by atoms with Crippen molar-refractivity contribution in [2.75, 3.05) is 0 Å². The zero-order valence-electron chi connectivity index (χ0n) is 11.7. The number of quaternary nitrogens is 1. The lowest BCUT2D eigenvalue weighted by molar-refractivity contribution is -0.621. The lowest BCUT2D eigenvalue weighted by Gasteiger charge is -2.20. The molecule has 5 heteroatoms. The second-order valence-corrected chi connectivity index (χ2v) is 5.92. The first-order valence-corrected chi connectivity index (χ1v) is 7.43. The Bertz CT molecular complexity index is 529. The Balaban J connectivity index is 2.12. The maximum absolute atomic E-state index is 8.94. The highest BCUT2D eigenvalue weighted by Gasteiger charge is 2.29. The zero-order chi connectivity index (χ0) is 14.5. The number of nitriles is 1. The van der Waals surface area contributed by atoms with Gasteiger partial charge in [0, 0.05) is 12.0 Å². The van der Waals surface area contributed by atoms with Crippen LogP contribution >= 0.6 is 11.6 Å². The van der Waals surface area contributed by atoms with Crippen molar-refractivity contribution in [3.8, 4) is 6.07 Å². The lowest BCUT2D eigenvalue weighted by Crippen LogP contribution is -2.86. The minimum atomic E-state index is 0.212. The third-order valence-electron chi connectivity index (χ3n) is 4.03. The molecule has 0 aromatic carbocycles. The number of nitrogens with zero attached hydrogens (tertiary/aromatic N) is 2. The molecule has 1 heterocycles. The highest BCUT2D eigenvalue weighted by Crippen LogP contribution is 2.28. The monoisotopic (exact) mass is 291 g/mol. The second kappa shape index (κ2) is 6.83. The molecule has 1 aromatic heterocycles. The number of pyridine rings is 1. The molecule has 1 aromatic rings. The van der Waals surface area contributed by atoms with Crippen LogP contribution in [0.4, 0.5) is 5.82 Å². The molecule has 1 fully saturated rings. The number of nitrogens with one attached hydrogen (secondary N) is 1. The van der Waals surface area contributed by atoms with Gasteiger partial charge in [0.2, 0.25) is 5.82 Å². The Labute approximate surface area is 124 Å². The van der Waals surface area contributed by atoms with Crippen LogP contribution in [0.1, 0.15) is 43.4 Å². The number of nitrogens with two attached hydrogens (primary N) is 1. The molecule has 1 aliphatic rings. The average Bonchev–Trinajstić information content (AvgIpc) is 2.91. The first kappa shape index (κ1) is 15.0. The molecule has 0 aliphatic heterocycles. The van der Waals surface area contributed by atoms with Crippen molar-refractivity contribution in [3.05, 3.63) is 23.4 Å². The van der Waals surface area contributed by atoms with Crippen molar-refractivity contribution >= 4 is 22.6 Å². The van der Waals surface area contributed by atoms with Crippen molar-refractivity contribution in [1.29, 1.82) is 10.7 Å². The van der Waals surface area contributed by atoms with Crippen LogP contribution in [-0.2, 0) is 0 Å². The van der Waals surface area contributed by atoms with Gasteiger partial charge in [0.15, 0.2) is 0 Å². The van der Waals surface area contributed by atoms with Gasteiger partial charge in [0.1, 0.15) is 17.3 Å². The zero-order valence-corrected chi connectivity index (χ0v) is 12.5. The van der Waals surface area contributed by atoms with E-state index < -0.39 is 0 Å². The Morgan fingerprint density at radius 2 is 2.25 bits per heavy atom. The third kappa shape index (κ3) is 3.78. The van der Waals surface area contributed by atoms with Gasteiger partial charge >= 0.3 is 0 Å². The van der Waals surface area contributed by atoms with Gasteiger partial charge in [-0.3, -0.25) is 10.7 Å². The van der Waals surface area contributed by atoms with Crippen molar-refractivity contribution in [3.63, 3.8) is 0 Å². The molecule has 1 unspecified atom stereocenters. The molecule has 1 atom stereocenters. The smallest absolute Gasteiger partial charge is 0.224 e. The van der Waals surface area contributed by atoms with Crippen molar-refractivity contribution in [1.82, 2.24) is 4.98 Å². The van der Waals surface area contributed by atoms with Crippen molar-refractivity contribution < 1.29 is 5.32 Å². The van der Waals surface area contributed by atoms with Crippen LogP contribution in [0, 0.1) is 29.6 Å². The van der Waals surface area contributed by atoms with Crippen LogP contribution in [0.25, 0.3) is 0 Å². The van der Waals surface area contributed by atoms with Crippen LogP contribution in [0.3, 0.4) is 0 Å². The van der Waals surface area contributed by atoms with Gasteiger partial charge < -0.3 is 0 Å². The summed E-state index contributed by atoms with van der Waals surface area (Å²) in [4.78, 5) is 4.47. The summed E-state index contributed by atoms with van der Waals surface area (Å²) < 4.78 is 0. The van der Waals surface area contributed by atoms with Crippen LogP contribution in [0.15, 0.2) is 12.1 Å². The number of hydrogen-bond donors (Lipinski definition) is 2. The maximum atomic E-state index is 8.94. The Morgan fingerprint density at radius 3 is 2.80 bits per heavy atom. The molecule has 0 amide bonds. The molecule has 0 saturated heterocycles. The summed E-state index contributed by atoms with van der Waals surface area (Å²) in [5, 5.41) is 18.8. The first-order chi connectivity index (χ1) is 9.60. The van der Waals surface area contributed by atoms with E-state index in [1.54, 1.807) is 0 Å². The molecule has 1 saturated carbocycles. The van der Waals surface area contributed by atoms with E-state index in [0.717, 1.165) is 11.5 Å². The summed E-state index contributed by atoms with van der Waals surface area (Å²) in [6.07, 6.45) is 5.54. The lowest BCUT2D eigenvalue weighted by atomic mass is 9.95. The fraction of sp³-hybridized carbons (Fsp3) is 0.533. The second-order valence-electron chi connectivity index (χ2n) is 5.46. The molecule has 106 valence electrons. The van der Waals surface area contributed by atoms with Crippen molar-refractivity contribution in [2.45, 2.75) is 45.1 Å². The molecule has 3 N–H and O–H groups in total. The van der Waals surface area contributed by atoms with Gasteiger partial charge in [-0.15, -0.1) is 0 Å². The Kier molecular flexibility index (Phi) is 5.11. The van der Waals surface area contributed by atoms with Gasteiger partial charge in [0.05, 0.1) is 17.7 Å².